The monoisotopic (exact) mass is 882 g/mol. The molecule has 7 aromatic carbocycles. The van der Waals surface area contributed by atoms with E-state index in [9.17, 15) is 9.59 Å². The highest BCUT2D eigenvalue weighted by atomic mass is 16.5. The second kappa shape index (κ2) is 18.1. The highest BCUT2D eigenvalue weighted by Gasteiger charge is 2.52. The number of ether oxygens (including phenoxy) is 3. The Hall–Kier alpha value is -6.82. The summed E-state index contributed by atoms with van der Waals surface area (Å²) in [4.78, 5) is 28.2. The van der Waals surface area contributed by atoms with Gasteiger partial charge in [-0.05, 0) is 115 Å². The van der Waals surface area contributed by atoms with E-state index in [-0.39, 0.29) is 17.5 Å². The van der Waals surface area contributed by atoms with Crippen molar-refractivity contribution in [2.24, 2.45) is 11.3 Å². The van der Waals surface area contributed by atoms with Gasteiger partial charge in [0, 0.05) is 42.2 Å². The normalized spacial score (nSPS) is 18.3. The van der Waals surface area contributed by atoms with Crippen molar-refractivity contribution in [3.8, 4) is 11.5 Å². The fraction of sp³-hybridized carbons (Fsp3) is 0.258. The quantitative estimate of drug-likeness (QED) is 0.130. The summed E-state index contributed by atoms with van der Waals surface area (Å²) in [5, 5.41) is 0. The molecule has 11 rings (SSSR count). The third-order valence-corrected chi connectivity index (χ3v) is 15.0. The topological polar surface area (TPSA) is 61.8 Å². The molecule has 0 bridgehead atoms. The maximum atomic E-state index is 14.5. The van der Waals surface area contributed by atoms with Crippen LogP contribution in [0.4, 0.5) is 0 Å². The molecule has 0 heterocycles. The van der Waals surface area contributed by atoms with Crippen LogP contribution in [-0.2, 0) is 56.5 Å². The van der Waals surface area contributed by atoms with Crippen LogP contribution in [0.1, 0.15) is 93.0 Å². The van der Waals surface area contributed by atoms with Crippen molar-refractivity contribution in [3.05, 3.63) is 241 Å². The van der Waals surface area contributed by atoms with Gasteiger partial charge in [0.15, 0.2) is 11.6 Å². The Labute approximate surface area is 395 Å². The number of allylic oxidation sites excluding steroid dienone is 1. The van der Waals surface area contributed by atoms with Gasteiger partial charge in [0.25, 0.3) is 0 Å². The Morgan fingerprint density at radius 3 is 1.58 bits per heavy atom. The summed E-state index contributed by atoms with van der Waals surface area (Å²) in [6, 6.07) is 52.1. The van der Waals surface area contributed by atoms with Crippen LogP contribution in [0.3, 0.4) is 0 Å². The van der Waals surface area contributed by atoms with E-state index in [0.717, 1.165) is 99.2 Å². The molecule has 0 saturated heterocycles. The number of benzene rings is 7. The van der Waals surface area contributed by atoms with Crippen molar-refractivity contribution in [2.45, 2.75) is 85.0 Å². The van der Waals surface area contributed by atoms with Crippen LogP contribution in [0, 0.1) is 39.0 Å². The number of hydrogen-bond donors (Lipinski definition) is 0. The number of ketones is 2. The maximum absolute atomic E-state index is 14.5. The van der Waals surface area contributed by atoms with Crippen molar-refractivity contribution in [1.82, 2.24) is 0 Å². The molecule has 0 saturated carbocycles. The maximum Gasteiger partial charge on any atom is 0.174 e. The Balaban J connectivity index is 0.000000159. The molecule has 0 spiro atoms. The van der Waals surface area contributed by atoms with Gasteiger partial charge < -0.3 is 14.2 Å². The molecule has 0 amide bonds. The van der Waals surface area contributed by atoms with Crippen LogP contribution in [-0.4, -0.2) is 24.3 Å². The minimum absolute atomic E-state index is 0.164. The van der Waals surface area contributed by atoms with Crippen molar-refractivity contribution < 1.29 is 23.8 Å². The molecule has 0 aromatic heterocycles. The molecule has 4 aliphatic rings. The summed E-state index contributed by atoms with van der Waals surface area (Å²) in [6.45, 7) is 9.24. The number of aryl methyl sites for hydroxylation is 2. The number of rotatable bonds is 11. The Kier molecular flexibility index (Phi) is 11.9. The zero-order chi connectivity index (χ0) is 46.3. The van der Waals surface area contributed by atoms with E-state index in [1.807, 2.05) is 49.4 Å². The lowest BCUT2D eigenvalue weighted by Gasteiger charge is -2.33. The van der Waals surface area contributed by atoms with Crippen molar-refractivity contribution in [3.63, 3.8) is 0 Å². The largest absolute Gasteiger partial charge is 0.488 e. The summed E-state index contributed by atoms with van der Waals surface area (Å²) in [7, 11) is 1.76. The van der Waals surface area contributed by atoms with Gasteiger partial charge in [-0.2, -0.15) is 0 Å². The van der Waals surface area contributed by atoms with Gasteiger partial charge in [-0.1, -0.05) is 163 Å². The highest BCUT2D eigenvalue weighted by Crippen LogP contribution is 2.51. The van der Waals surface area contributed by atoms with E-state index < -0.39 is 11.0 Å². The molecular weight excluding hydrogens is 825 g/mol. The first-order chi connectivity index (χ1) is 32.6. The first-order valence-corrected chi connectivity index (χ1v) is 23.7. The predicted molar refractivity (Wildman–Crippen MR) is 267 cm³/mol. The number of methoxy groups -OCH3 is 1. The molecule has 336 valence electrons. The molecule has 67 heavy (non-hydrogen) atoms. The minimum Gasteiger partial charge on any atom is -0.488 e. The third kappa shape index (κ3) is 8.14. The molecule has 5 heteroatoms. The van der Waals surface area contributed by atoms with E-state index in [0.29, 0.717) is 19.6 Å². The average Bonchev–Trinajstić information content (AvgIpc) is 4.11. The van der Waals surface area contributed by atoms with E-state index in [1.165, 1.54) is 33.4 Å². The lowest BCUT2D eigenvalue weighted by Crippen LogP contribution is -2.44. The molecule has 4 aliphatic carbocycles. The van der Waals surface area contributed by atoms with Crippen LogP contribution in [0.2, 0.25) is 0 Å². The van der Waals surface area contributed by atoms with Crippen LogP contribution in [0.25, 0.3) is 6.08 Å². The lowest BCUT2D eigenvalue weighted by molar-refractivity contribution is -0.0385. The second-order valence-corrected chi connectivity index (χ2v) is 19.2. The molecular formula is C62H58O5. The fourth-order valence-corrected chi connectivity index (χ4v) is 11.7. The smallest absolute Gasteiger partial charge is 0.174 e. The number of carbonyl (C=O) groups is 2. The minimum atomic E-state index is -0.571. The zero-order valence-electron chi connectivity index (χ0n) is 39.3. The summed E-state index contributed by atoms with van der Waals surface area (Å²) in [5.74, 6) is 1.94. The first kappa shape index (κ1) is 44.0. The summed E-state index contributed by atoms with van der Waals surface area (Å²) < 4.78 is 18.7. The van der Waals surface area contributed by atoms with Crippen molar-refractivity contribution >= 4 is 17.6 Å². The van der Waals surface area contributed by atoms with Crippen LogP contribution >= 0.6 is 0 Å². The van der Waals surface area contributed by atoms with E-state index in [2.05, 4.69) is 136 Å². The van der Waals surface area contributed by atoms with Gasteiger partial charge in [-0.25, -0.2) is 0 Å². The zero-order valence-corrected chi connectivity index (χ0v) is 39.3. The van der Waals surface area contributed by atoms with Gasteiger partial charge in [-0.15, -0.1) is 0 Å². The molecule has 0 radical (unpaired) electrons. The van der Waals surface area contributed by atoms with Crippen molar-refractivity contribution in [1.29, 1.82) is 0 Å². The molecule has 5 nitrogen and oxygen atoms in total. The summed E-state index contributed by atoms with van der Waals surface area (Å²) >= 11 is 0. The Morgan fingerprint density at radius 2 is 1.03 bits per heavy atom. The standard InChI is InChI=1S/C34H30O2.C28H28O3/c1-23-17-29-21-34(20-25-11-5-3-6-12-25,30-18-27-15-9-10-16-28(27)19-30)33(35)31(29)24(2)32(23)36-22-26-13-7-4-8-14-26;1-18-13-23-14-24(28(30-3)15-21-11-7-8-12-22(21)16-28)26(29)25(23)19(2)27(18)31-17-20-9-5-4-6-10-20/h3-18H,19-22H2,1-2H3;4-13,24H,14-17H2,1-3H3. The number of carbonyl (C=O) groups excluding carboxylic acids is 2. The van der Waals surface area contributed by atoms with Gasteiger partial charge in [0.05, 0.1) is 16.9 Å². The molecule has 0 aliphatic heterocycles. The lowest BCUT2D eigenvalue weighted by atomic mass is 9.71. The fourth-order valence-electron chi connectivity index (χ4n) is 11.7. The third-order valence-electron chi connectivity index (χ3n) is 15.0. The number of fused-ring (bicyclic) bond motifs is 4. The molecule has 0 fully saturated rings. The molecule has 7 aromatic rings. The van der Waals surface area contributed by atoms with Crippen LogP contribution in [0.15, 0.2) is 157 Å². The van der Waals surface area contributed by atoms with Crippen LogP contribution < -0.4 is 9.47 Å². The Morgan fingerprint density at radius 1 is 0.537 bits per heavy atom. The summed E-state index contributed by atoms with van der Waals surface area (Å²) in [5.41, 5.74) is 16.9. The molecule has 2 unspecified atom stereocenters. The van der Waals surface area contributed by atoms with Gasteiger partial charge >= 0.3 is 0 Å². The first-order valence-electron chi connectivity index (χ1n) is 23.7. The number of hydrogen-bond acceptors (Lipinski definition) is 5. The molecule has 2 atom stereocenters. The van der Waals surface area contributed by atoms with E-state index in [4.69, 9.17) is 14.2 Å². The van der Waals surface area contributed by atoms with E-state index >= 15 is 0 Å². The second-order valence-electron chi connectivity index (χ2n) is 19.2. The molecule has 0 N–H and O–H groups in total. The highest BCUT2D eigenvalue weighted by molar-refractivity contribution is 6.09. The average molecular weight is 883 g/mol. The van der Waals surface area contributed by atoms with Crippen molar-refractivity contribution in [2.75, 3.05) is 7.11 Å². The predicted octanol–water partition coefficient (Wildman–Crippen LogP) is 12.9. The van der Waals surface area contributed by atoms with Crippen LogP contribution in [0.5, 0.6) is 11.5 Å². The SMILES string of the molecule is COC1(C2Cc3cc(C)c(OCc4ccccc4)c(C)c3C2=O)Cc2ccccc2C1.Cc1cc2c(c(C)c1OCc1ccccc1)C(=O)C(Cc1ccccc1)(C1=Cc3ccccc3C1)C2. The van der Waals surface area contributed by atoms with E-state index in [1.54, 1.807) is 7.11 Å². The van der Waals surface area contributed by atoms with Gasteiger partial charge in [0.1, 0.15) is 24.7 Å². The number of Topliss-reactive ketones (excluding diaryl/α,β-unsaturated/α-hetero) is 2. The summed E-state index contributed by atoms with van der Waals surface area (Å²) in [6.07, 6.45) is 6.86. The van der Waals surface area contributed by atoms with Gasteiger partial charge in [0.2, 0.25) is 0 Å². The van der Waals surface area contributed by atoms with Gasteiger partial charge in [-0.3, -0.25) is 9.59 Å². The Bertz CT molecular complexity index is 3010.